The molecule has 2 aromatic rings. The number of amides is 1. The molecule has 8 nitrogen and oxygen atoms in total. The van der Waals surface area contributed by atoms with Crippen LogP contribution in [-0.4, -0.2) is 61.3 Å². The third kappa shape index (κ3) is 4.30. The summed E-state index contributed by atoms with van der Waals surface area (Å²) < 4.78 is 45.4. The van der Waals surface area contributed by atoms with Gasteiger partial charge in [0.2, 0.25) is 11.9 Å². The second kappa shape index (κ2) is 8.38. The Kier molecular flexibility index (Phi) is 5.93. The maximum atomic E-state index is 13.8. The fourth-order valence-electron chi connectivity index (χ4n) is 2.53. The van der Waals surface area contributed by atoms with E-state index >= 15 is 0 Å². The monoisotopic (exact) mass is 396 g/mol. The standard InChI is InChI=1S/C17H19F3N6O2/c1-25(2)16-22-12(23-17(24-16)26-5-7-28-8-6-26)9-21-15(27)10-3-4-11(18)14(20)13(10)19/h3-4H,5-9H2,1-2H3,(H,21,27). The van der Waals surface area contributed by atoms with E-state index < -0.39 is 28.9 Å². The van der Waals surface area contributed by atoms with Crippen LogP contribution >= 0.6 is 0 Å². The number of morpholine rings is 1. The normalized spacial score (nSPS) is 14.1. The number of nitrogens with zero attached hydrogens (tertiary/aromatic N) is 5. The Labute approximate surface area is 159 Å². The van der Waals surface area contributed by atoms with Gasteiger partial charge in [-0.3, -0.25) is 4.79 Å². The Morgan fingerprint density at radius 1 is 1.14 bits per heavy atom. The molecule has 1 N–H and O–H groups in total. The molecule has 3 rings (SSSR count). The zero-order valence-electron chi connectivity index (χ0n) is 15.4. The number of hydrogen-bond acceptors (Lipinski definition) is 7. The molecule has 0 atom stereocenters. The van der Waals surface area contributed by atoms with Gasteiger partial charge in [0.1, 0.15) is 0 Å². The van der Waals surface area contributed by atoms with Crippen molar-refractivity contribution in [2.24, 2.45) is 0 Å². The Bertz CT molecular complexity index is 874. The van der Waals surface area contributed by atoms with E-state index in [0.717, 1.165) is 6.07 Å². The highest BCUT2D eigenvalue weighted by Crippen LogP contribution is 2.16. The van der Waals surface area contributed by atoms with Crippen LogP contribution in [0.15, 0.2) is 12.1 Å². The average molecular weight is 396 g/mol. The third-order valence-electron chi connectivity index (χ3n) is 4.04. The van der Waals surface area contributed by atoms with Gasteiger partial charge >= 0.3 is 0 Å². The number of anilines is 2. The molecule has 1 fully saturated rings. The summed E-state index contributed by atoms with van der Waals surface area (Å²) in [7, 11) is 3.52. The van der Waals surface area contributed by atoms with Gasteiger partial charge < -0.3 is 19.9 Å². The van der Waals surface area contributed by atoms with Crippen LogP contribution in [0.3, 0.4) is 0 Å². The Morgan fingerprint density at radius 2 is 1.86 bits per heavy atom. The van der Waals surface area contributed by atoms with Gasteiger partial charge in [0.15, 0.2) is 23.3 Å². The number of carbonyl (C=O) groups excluding carboxylic acids is 1. The maximum absolute atomic E-state index is 13.8. The first-order valence-electron chi connectivity index (χ1n) is 8.53. The minimum atomic E-state index is -1.70. The molecule has 28 heavy (non-hydrogen) atoms. The average Bonchev–Trinajstić information content (AvgIpc) is 2.70. The molecule has 1 aromatic heterocycles. The van der Waals surface area contributed by atoms with Crippen molar-refractivity contribution in [2.75, 3.05) is 50.2 Å². The topological polar surface area (TPSA) is 83.5 Å². The first-order chi connectivity index (χ1) is 13.4. The summed E-state index contributed by atoms with van der Waals surface area (Å²) >= 11 is 0. The Hall–Kier alpha value is -2.95. The van der Waals surface area contributed by atoms with Crippen LogP contribution in [0.4, 0.5) is 25.1 Å². The number of hydrogen-bond donors (Lipinski definition) is 1. The first kappa shape index (κ1) is 19.8. The van der Waals surface area contributed by atoms with Crippen LogP contribution in [0, 0.1) is 17.5 Å². The van der Waals surface area contributed by atoms with Crippen molar-refractivity contribution in [3.63, 3.8) is 0 Å². The van der Waals surface area contributed by atoms with E-state index in [1.807, 2.05) is 4.90 Å². The zero-order valence-corrected chi connectivity index (χ0v) is 15.4. The lowest BCUT2D eigenvalue weighted by Crippen LogP contribution is -2.38. The maximum Gasteiger partial charge on any atom is 0.254 e. The van der Waals surface area contributed by atoms with Crippen molar-refractivity contribution >= 4 is 17.8 Å². The van der Waals surface area contributed by atoms with Crippen molar-refractivity contribution < 1.29 is 22.7 Å². The molecule has 150 valence electrons. The van der Waals surface area contributed by atoms with Gasteiger partial charge in [-0.2, -0.15) is 15.0 Å². The van der Waals surface area contributed by atoms with Gasteiger partial charge in [0, 0.05) is 27.2 Å². The van der Waals surface area contributed by atoms with E-state index in [4.69, 9.17) is 4.74 Å². The number of aromatic nitrogens is 3. The summed E-state index contributed by atoms with van der Waals surface area (Å²) in [4.78, 5) is 28.8. The molecule has 1 aliphatic heterocycles. The summed E-state index contributed by atoms with van der Waals surface area (Å²) in [6.45, 7) is 2.18. The molecule has 1 aromatic carbocycles. The predicted molar refractivity (Wildman–Crippen MR) is 94.7 cm³/mol. The molecule has 0 unspecified atom stereocenters. The highest BCUT2D eigenvalue weighted by molar-refractivity contribution is 5.94. The van der Waals surface area contributed by atoms with Gasteiger partial charge in [-0.05, 0) is 12.1 Å². The van der Waals surface area contributed by atoms with E-state index in [2.05, 4.69) is 20.3 Å². The second-order valence-electron chi connectivity index (χ2n) is 6.25. The lowest BCUT2D eigenvalue weighted by molar-refractivity contribution is 0.0944. The van der Waals surface area contributed by atoms with E-state index in [1.54, 1.807) is 19.0 Å². The van der Waals surface area contributed by atoms with Crippen LogP contribution < -0.4 is 15.1 Å². The molecule has 0 radical (unpaired) electrons. The molecular formula is C17H19F3N6O2. The summed E-state index contributed by atoms with van der Waals surface area (Å²) in [5, 5.41) is 2.42. The summed E-state index contributed by atoms with van der Waals surface area (Å²) in [5.41, 5.74) is -0.603. The second-order valence-corrected chi connectivity index (χ2v) is 6.25. The lowest BCUT2D eigenvalue weighted by Gasteiger charge is -2.27. The zero-order chi connectivity index (χ0) is 20.3. The molecule has 0 aliphatic carbocycles. The van der Waals surface area contributed by atoms with Gasteiger partial charge in [0.05, 0.1) is 25.3 Å². The Morgan fingerprint density at radius 3 is 2.54 bits per heavy atom. The van der Waals surface area contributed by atoms with Crippen LogP contribution in [0.5, 0.6) is 0 Å². The van der Waals surface area contributed by atoms with Gasteiger partial charge in [-0.25, -0.2) is 13.2 Å². The van der Waals surface area contributed by atoms with Gasteiger partial charge in [-0.15, -0.1) is 0 Å². The van der Waals surface area contributed by atoms with Crippen molar-refractivity contribution in [1.82, 2.24) is 20.3 Å². The van der Waals surface area contributed by atoms with Crippen LogP contribution in [-0.2, 0) is 11.3 Å². The van der Waals surface area contributed by atoms with E-state index in [1.165, 1.54) is 0 Å². The van der Waals surface area contributed by atoms with E-state index in [9.17, 15) is 18.0 Å². The highest BCUT2D eigenvalue weighted by atomic mass is 19.2. The minimum Gasteiger partial charge on any atom is -0.378 e. The third-order valence-corrected chi connectivity index (χ3v) is 4.04. The number of nitrogens with one attached hydrogen (secondary N) is 1. The number of rotatable bonds is 5. The molecule has 11 heteroatoms. The lowest BCUT2D eigenvalue weighted by atomic mass is 10.2. The minimum absolute atomic E-state index is 0.141. The molecule has 1 aliphatic rings. The van der Waals surface area contributed by atoms with Gasteiger partial charge in [-0.1, -0.05) is 0 Å². The molecule has 0 saturated carbocycles. The van der Waals surface area contributed by atoms with Gasteiger partial charge in [0.25, 0.3) is 5.91 Å². The predicted octanol–water partition coefficient (Wildman–Crippen LogP) is 1.12. The van der Waals surface area contributed by atoms with Crippen molar-refractivity contribution in [2.45, 2.75) is 6.54 Å². The summed E-state index contributed by atoms with van der Waals surface area (Å²) in [6.07, 6.45) is 0. The van der Waals surface area contributed by atoms with Crippen molar-refractivity contribution in [3.8, 4) is 0 Å². The largest absolute Gasteiger partial charge is 0.378 e. The van der Waals surface area contributed by atoms with Crippen molar-refractivity contribution in [1.29, 1.82) is 0 Å². The first-order valence-corrected chi connectivity index (χ1v) is 8.53. The molecule has 0 bridgehead atoms. The summed E-state index contributed by atoms with van der Waals surface area (Å²) in [6, 6.07) is 1.57. The SMILES string of the molecule is CN(C)c1nc(CNC(=O)c2ccc(F)c(F)c2F)nc(N2CCOCC2)n1. The van der Waals surface area contributed by atoms with Crippen LogP contribution in [0.1, 0.15) is 16.2 Å². The number of benzene rings is 1. The number of ether oxygens (including phenoxy) is 1. The van der Waals surface area contributed by atoms with Crippen LogP contribution in [0.25, 0.3) is 0 Å². The molecule has 2 heterocycles. The number of halogens is 3. The fourth-order valence-corrected chi connectivity index (χ4v) is 2.53. The Balaban J connectivity index is 1.78. The molecule has 1 amide bonds. The molecular weight excluding hydrogens is 377 g/mol. The van der Waals surface area contributed by atoms with E-state index in [-0.39, 0.29) is 12.4 Å². The smallest absolute Gasteiger partial charge is 0.254 e. The molecule has 1 saturated heterocycles. The van der Waals surface area contributed by atoms with E-state index in [0.29, 0.717) is 44.3 Å². The molecule has 0 spiro atoms. The fraction of sp³-hybridized carbons (Fsp3) is 0.412. The summed E-state index contributed by atoms with van der Waals surface area (Å²) in [5.74, 6) is -4.44. The highest BCUT2D eigenvalue weighted by Gasteiger charge is 2.20. The number of carbonyl (C=O) groups is 1. The van der Waals surface area contributed by atoms with Crippen LogP contribution in [0.2, 0.25) is 0 Å². The quantitative estimate of drug-likeness (QED) is 0.759. The van der Waals surface area contributed by atoms with Crippen molar-refractivity contribution in [3.05, 3.63) is 41.0 Å².